The van der Waals surface area contributed by atoms with Gasteiger partial charge in [0.1, 0.15) is 25.3 Å². The molecular formula is C44H52N4O9. The summed E-state index contributed by atoms with van der Waals surface area (Å²) in [4.78, 5) is 57.4. The van der Waals surface area contributed by atoms with Crippen LogP contribution in [0.25, 0.3) is 0 Å². The molecule has 13 nitrogen and oxygen atoms in total. The highest BCUT2D eigenvalue weighted by molar-refractivity contribution is 5.86. The number of nitrogens with zero attached hydrogens (tertiary/aromatic N) is 2. The van der Waals surface area contributed by atoms with Gasteiger partial charge in [-0.25, -0.2) is 9.59 Å². The van der Waals surface area contributed by atoms with Crippen molar-refractivity contribution in [3.63, 3.8) is 0 Å². The van der Waals surface area contributed by atoms with Gasteiger partial charge in [-0.05, 0) is 22.3 Å². The Morgan fingerprint density at radius 1 is 0.456 bits per heavy atom. The fourth-order valence-electron chi connectivity index (χ4n) is 6.14. The van der Waals surface area contributed by atoms with Crippen molar-refractivity contribution in [2.45, 2.75) is 38.1 Å². The van der Waals surface area contributed by atoms with Crippen LogP contribution in [0.4, 0.5) is 9.59 Å². The van der Waals surface area contributed by atoms with Gasteiger partial charge in [0, 0.05) is 39.0 Å². The molecule has 5 rings (SSSR count). The number of amides is 4. The lowest BCUT2D eigenvalue weighted by molar-refractivity contribution is -0.135. The van der Waals surface area contributed by atoms with E-state index in [-0.39, 0.29) is 104 Å². The molecule has 1 heterocycles. The lowest BCUT2D eigenvalue weighted by Gasteiger charge is -2.29. The van der Waals surface area contributed by atoms with Gasteiger partial charge in [0.25, 0.3) is 0 Å². The molecule has 57 heavy (non-hydrogen) atoms. The minimum Gasteiger partial charge on any atom is -0.445 e. The first-order chi connectivity index (χ1) is 27.9. The van der Waals surface area contributed by atoms with E-state index in [2.05, 4.69) is 10.6 Å². The van der Waals surface area contributed by atoms with Crippen LogP contribution in [0.2, 0.25) is 0 Å². The van der Waals surface area contributed by atoms with Gasteiger partial charge in [-0.3, -0.25) is 9.59 Å². The molecule has 0 saturated carbocycles. The van der Waals surface area contributed by atoms with Gasteiger partial charge in [-0.2, -0.15) is 0 Å². The first-order valence-electron chi connectivity index (χ1n) is 19.3. The molecule has 1 aliphatic rings. The summed E-state index contributed by atoms with van der Waals surface area (Å²) in [7, 11) is 0. The van der Waals surface area contributed by atoms with Crippen LogP contribution in [0.5, 0.6) is 0 Å². The third kappa shape index (κ3) is 15.4. The summed E-state index contributed by atoms with van der Waals surface area (Å²) in [5, 5.41) is 5.57. The van der Waals surface area contributed by atoms with E-state index in [9.17, 15) is 19.2 Å². The number of benzene rings is 4. The van der Waals surface area contributed by atoms with Crippen LogP contribution in [0.1, 0.15) is 22.3 Å². The third-order valence-corrected chi connectivity index (χ3v) is 9.19. The van der Waals surface area contributed by atoms with Crippen molar-refractivity contribution in [3.8, 4) is 0 Å². The van der Waals surface area contributed by atoms with Crippen LogP contribution in [-0.4, -0.2) is 112 Å². The van der Waals surface area contributed by atoms with E-state index in [1.807, 2.05) is 121 Å². The Labute approximate surface area is 334 Å². The van der Waals surface area contributed by atoms with E-state index < -0.39 is 24.3 Å². The molecule has 0 aromatic heterocycles. The molecule has 2 N–H and O–H groups in total. The molecule has 0 spiro atoms. The van der Waals surface area contributed by atoms with Gasteiger partial charge in [0.05, 0.1) is 39.6 Å². The number of ether oxygens (including phenoxy) is 5. The first-order valence-corrected chi connectivity index (χ1v) is 19.3. The molecule has 0 aliphatic carbocycles. The predicted molar refractivity (Wildman–Crippen MR) is 213 cm³/mol. The molecule has 1 saturated heterocycles. The maximum absolute atomic E-state index is 14.1. The SMILES string of the molecule is O=C(N[C@H](Cc1ccccc1)C(=O)N1CCOCCOCCN(C(=O)[C@@H](Cc2ccccc2)NC(=O)OCc2ccccc2)CCOCC1)OCc1ccccc1. The number of carbonyl (C=O) groups excluding carboxylic acids is 4. The normalized spacial score (nSPS) is 15.5. The van der Waals surface area contributed by atoms with Gasteiger partial charge in [-0.1, -0.05) is 121 Å². The van der Waals surface area contributed by atoms with Crippen LogP contribution < -0.4 is 10.6 Å². The minimum absolute atomic E-state index is 0.0628. The van der Waals surface area contributed by atoms with E-state index in [1.165, 1.54) is 0 Å². The molecular weight excluding hydrogens is 729 g/mol. The third-order valence-electron chi connectivity index (χ3n) is 9.19. The average molecular weight is 781 g/mol. The summed E-state index contributed by atoms with van der Waals surface area (Å²) in [6, 6.07) is 35.7. The van der Waals surface area contributed by atoms with E-state index in [4.69, 9.17) is 23.7 Å². The highest BCUT2D eigenvalue weighted by Gasteiger charge is 2.29. The van der Waals surface area contributed by atoms with Crippen molar-refractivity contribution < 1.29 is 42.9 Å². The lowest BCUT2D eigenvalue weighted by atomic mass is 10.0. The Balaban J connectivity index is 1.22. The molecule has 0 unspecified atom stereocenters. The summed E-state index contributed by atoms with van der Waals surface area (Å²) in [6.07, 6.45) is -0.904. The molecule has 1 fully saturated rings. The number of nitrogens with one attached hydrogen (secondary N) is 2. The Hall–Kier alpha value is -5.76. The summed E-state index contributed by atoms with van der Waals surface area (Å²) in [5.74, 6) is -0.622. The van der Waals surface area contributed by atoms with Gasteiger partial charge < -0.3 is 44.1 Å². The van der Waals surface area contributed by atoms with E-state index in [0.29, 0.717) is 0 Å². The second-order valence-electron chi connectivity index (χ2n) is 13.4. The van der Waals surface area contributed by atoms with Gasteiger partial charge in [-0.15, -0.1) is 0 Å². The Kier molecular flexibility index (Phi) is 17.8. The predicted octanol–water partition coefficient (Wildman–Crippen LogP) is 4.78. The summed E-state index contributed by atoms with van der Waals surface area (Å²) in [6.45, 7) is 2.42. The van der Waals surface area contributed by atoms with Gasteiger partial charge in [0.2, 0.25) is 11.8 Å². The second kappa shape index (κ2) is 24.0. The molecule has 302 valence electrons. The summed E-state index contributed by atoms with van der Waals surface area (Å²) in [5.41, 5.74) is 3.40. The molecule has 4 aromatic rings. The van der Waals surface area contributed by atoms with Crippen LogP contribution >= 0.6 is 0 Å². The van der Waals surface area contributed by atoms with Crippen molar-refractivity contribution in [1.29, 1.82) is 0 Å². The van der Waals surface area contributed by atoms with E-state index in [1.54, 1.807) is 9.80 Å². The zero-order valence-electron chi connectivity index (χ0n) is 32.2. The van der Waals surface area contributed by atoms with Gasteiger partial charge in [0.15, 0.2) is 0 Å². The number of alkyl carbamates (subject to hydrolysis) is 2. The first kappa shape index (κ1) is 42.4. The molecule has 0 bridgehead atoms. The topological polar surface area (TPSA) is 145 Å². The van der Waals surface area contributed by atoms with Crippen molar-refractivity contribution >= 4 is 24.0 Å². The summed E-state index contributed by atoms with van der Waals surface area (Å²) < 4.78 is 28.6. The number of rotatable bonds is 12. The van der Waals surface area contributed by atoms with Crippen molar-refractivity contribution in [2.75, 3.05) is 65.8 Å². The maximum atomic E-state index is 14.1. The average Bonchev–Trinajstić information content (AvgIpc) is 3.25. The largest absolute Gasteiger partial charge is 0.445 e. The molecule has 2 atom stereocenters. The monoisotopic (exact) mass is 780 g/mol. The lowest BCUT2D eigenvalue weighted by Crippen LogP contribution is -2.52. The zero-order valence-corrected chi connectivity index (χ0v) is 32.2. The fourth-order valence-corrected chi connectivity index (χ4v) is 6.14. The summed E-state index contributed by atoms with van der Waals surface area (Å²) >= 11 is 0. The Morgan fingerprint density at radius 2 is 0.754 bits per heavy atom. The van der Waals surface area contributed by atoms with Crippen molar-refractivity contribution in [1.82, 2.24) is 20.4 Å². The fraction of sp³-hybridized carbons (Fsp3) is 0.364. The van der Waals surface area contributed by atoms with Crippen LogP contribution in [-0.2, 0) is 59.3 Å². The van der Waals surface area contributed by atoms with Crippen LogP contribution in [0.3, 0.4) is 0 Å². The molecule has 13 heteroatoms. The number of carbonyl (C=O) groups is 4. The van der Waals surface area contributed by atoms with Gasteiger partial charge >= 0.3 is 12.2 Å². The molecule has 4 aromatic carbocycles. The minimum atomic E-state index is -0.914. The second-order valence-corrected chi connectivity index (χ2v) is 13.4. The van der Waals surface area contributed by atoms with Crippen LogP contribution in [0.15, 0.2) is 121 Å². The quantitative estimate of drug-likeness (QED) is 0.208. The van der Waals surface area contributed by atoms with E-state index in [0.717, 1.165) is 22.3 Å². The smallest absolute Gasteiger partial charge is 0.408 e. The zero-order chi connectivity index (χ0) is 39.9. The molecule has 0 radical (unpaired) electrons. The maximum Gasteiger partial charge on any atom is 0.408 e. The molecule has 4 amide bonds. The highest BCUT2D eigenvalue weighted by Crippen LogP contribution is 2.11. The van der Waals surface area contributed by atoms with Crippen molar-refractivity contribution in [3.05, 3.63) is 144 Å². The Morgan fingerprint density at radius 3 is 1.09 bits per heavy atom. The van der Waals surface area contributed by atoms with Crippen molar-refractivity contribution in [2.24, 2.45) is 0 Å². The number of hydrogen-bond acceptors (Lipinski definition) is 9. The molecule has 1 aliphatic heterocycles. The standard InChI is InChI=1S/C44H52N4O9/c49-41(39(31-35-13-5-1-6-14-35)45-43(51)56-33-37-17-9-3-10-18-37)47-21-25-53-26-22-48(24-28-55-30-29-54-27-23-47)42(50)40(32-36-15-7-2-8-16-36)46-44(52)57-34-38-19-11-4-12-20-38/h1-20,39-40H,21-34H2,(H,45,51)(H,46,52)/t39-,40-/m1/s1. The van der Waals surface area contributed by atoms with E-state index >= 15 is 0 Å². The van der Waals surface area contributed by atoms with Crippen LogP contribution in [0, 0.1) is 0 Å². The highest BCUT2D eigenvalue weighted by atomic mass is 16.6. The Bertz CT molecular complexity index is 1650. The number of hydrogen-bond donors (Lipinski definition) is 2.